The zero-order valence-corrected chi connectivity index (χ0v) is 15.5. The van der Waals surface area contributed by atoms with Gasteiger partial charge in [0.1, 0.15) is 6.04 Å². The van der Waals surface area contributed by atoms with E-state index in [-0.39, 0.29) is 11.8 Å². The van der Waals surface area contributed by atoms with Crippen molar-refractivity contribution >= 4 is 28.8 Å². The van der Waals surface area contributed by atoms with Crippen LogP contribution in [0.4, 0.5) is 5.69 Å². The number of benzene rings is 2. The van der Waals surface area contributed by atoms with Crippen LogP contribution in [0.5, 0.6) is 0 Å². The number of amides is 2. The van der Waals surface area contributed by atoms with Crippen LogP contribution in [0.15, 0.2) is 66.0 Å². The van der Waals surface area contributed by atoms with Gasteiger partial charge in [0, 0.05) is 5.69 Å². The monoisotopic (exact) mass is 364 g/mol. The molecule has 0 aliphatic heterocycles. The average molecular weight is 364 g/mol. The first-order valence-corrected chi connectivity index (χ1v) is 9.20. The standard InChI is InChI=1S/C21H20N2O2S/c1-14-8-6-11-17(15(14)2)22-21(25)19(16-9-4-3-5-10-16)23-20(24)18-12-7-13-26-18/h3-13,19H,1-2H3,(H,22,25)(H,23,24). The van der Waals surface area contributed by atoms with Crippen LogP contribution in [-0.2, 0) is 4.79 Å². The maximum absolute atomic E-state index is 13.0. The smallest absolute Gasteiger partial charge is 0.262 e. The number of rotatable bonds is 5. The van der Waals surface area contributed by atoms with E-state index in [0.29, 0.717) is 4.88 Å². The summed E-state index contributed by atoms with van der Waals surface area (Å²) in [5.74, 6) is -0.528. The quantitative estimate of drug-likeness (QED) is 0.701. The van der Waals surface area contributed by atoms with Crippen molar-refractivity contribution in [2.75, 3.05) is 5.32 Å². The van der Waals surface area contributed by atoms with Crippen molar-refractivity contribution in [3.63, 3.8) is 0 Å². The van der Waals surface area contributed by atoms with E-state index in [1.165, 1.54) is 11.3 Å². The molecule has 0 aliphatic rings. The number of thiophene rings is 1. The zero-order valence-electron chi connectivity index (χ0n) is 14.7. The van der Waals surface area contributed by atoms with E-state index in [0.717, 1.165) is 22.4 Å². The number of nitrogens with one attached hydrogen (secondary N) is 2. The Morgan fingerprint density at radius 2 is 1.69 bits per heavy atom. The fraction of sp³-hybridized carbons (Fsp3) is 0.143. The van der Waals surface area contributed by atoms with Crippen molar-refractivity contribution in [2.45, 2.75) is 19.9 Å². The lowest BCUT2D eigenvalue weighted by molar-refractivity contribution is -0.118. The number of carbonyl (C=O) groups is 2. The van der Waals surface area contributed by atoms with Gasteiger partial charge in [0.2, 0.25) is 0 Å². The molecule has 4 nitrogen and oxygen atoms in total. The van der Waals surface area contributed by atoms with Crippen molar-refractivity contribution in [3.05, 3.63) is 87.6 Å². The van der Waals surface area contributed by atoms with Crippen molar-refractivity contribution in [2.24, 2.45) is 0 Å². The first-order valence-electron chi connectivity index (χ1n) is 8.32. The van der Waals surface area contributed by atoms with Crippen molar-refractivity contribution in [1.29, 1.82) is 0 Å². The summed E-state index contributed by atoms with van der Waals surface area (Å²) >= 11 is 1.34. The molecule has 2 N–H and O–H groups in total. The molecule has 1 atom stereocenters. The lowest BCUT2D eigenvalue weighted by Crippen LogP contribution is -2.36. The zero-order chi connectivity index (χ0) is 18.5. The molecule has 1 heterocycles. The highest BCUT2D eigenvalue weighted by Crippen LogP contribution is 2.22. The average Bonchev–Trinajstić information content (AvgIpc) is 3.19. The van der Waals surface area contributed by atoms with Gasteiger partial charge >= 0.3 is 0 Å². The Morgan fingerprint density at radius 3 is 2.38 bits per heavy atom. The molecular formula is C21H20N2O2S. The summed E-state index contributed by atoms with van der Waals surface area (Å²) in [6.45, 7) is 3.96. The summed E-state index contributed by atoms with van der Waals surface area (Å²) in [4.78, 5) is 26.0. The molecule has 0 fully saturated rings. The number of carbonyl (C=O) groups excluding carboxylic acids is 2. The maximum Gasteiger partial charge on any atom is 0.262 e. The Balaban J connectivity index is 1.86. The Morgan fingerprint density at radius 1 is 0.923 bits per heavy atom. The van der Waals surface area contributed by atoms with Crippen molar-refractivity contribution in [3.8, 4) is 0 Å². The second-order valence-electron chi connectivity index (χ2n) is 6.03. The summed E-state index contributed by atoms with van der Waals surface area (Å²) < 4.78 is 0. The van der Waals surface area contributed by atoms with E-state index in [2.05, 4.69) is 10.6 Å². The molecule has 2 aromatic carbocycles. The summed E-state index contributed by atoms with van der Waals surface area (Å²) in [7, 11) is 0. The highest BCUT2D eigenvalue weighted by atomic mass is 32.1. The third kappa shape index (κ3) is 4.00. The van der Waals surface area contributed by atoms with E-state index < -0.39 is 6.04 Å². The van der Waals surface area contributed by atoms with Gasteiger partial charge in [-0.05, 0) is 48.1 Å². The Bertz CT molecular complexity index is 905. The van der Waals surface area contributed by atoms with E-state index in [4.69, 9.17) is 0 Å². The van der Waals surface area contributed by atoms with Crippen LogP contribution in [-0.4, -0.2) is 11.8 Å². The lowest BCUT2D eigenvalue weighted by Gasteiger charge is -2.20. The molecule has 1 unspecified atom stereocenters. The maximum atomic E-state index is 13.0. The molecule has 0 spiro atoms. The number of anilines is 1. The van der Waals surface area contributed by atoms with Gasteiger partial charge in [0.25, 0.3) is 11.8 Å². The third-order valence-corrected chi connectivity index (χ3v) is 5.15. The molecular weight excluding hydrogens is 344 g/mol. The fourth-order valence-electron chi connectivity index (χ4n) is 2.65. The predicted octanol–water partition coefficient (Wildman–Crippen LogP) is 4.47. The van der Waals surface area contributed by atoms with Crippen LogP contribution in [0.25, 0.3) is 0 Å². The number of hydrogen-bond donors (Lipinski definition) is 2. The predicted molar refractivity (Wildman–Crippen MR) is 106 cm³/mol. The van der Waals surface area contributed by atoms with Gasteiger partial charge < -0.3 is 10.6 Å². The van der Waals surface area contributed by atoms with Crippen molar-refractivity contribution < 1.29 is 9.59 Å². The molecule has 0 aliphatic carbocycles. The molecule has 0 radical (unpaired) electrons. The molecule has 3 rings (SSSR count). The van der Waals surface area contributed by atoms with Gasteiger partial charge in [-0.2, -0.15) is 0 Å². The second kappa shape index (κ2) is 7.97. The Hall–Kier alpha value is -2.92. The third-order valence-electron chi connectivity index (χ3n) is 4.28. The molecule has 26 heavy (non-hydrogen) atoms. The molecule has 0 saturated carbocycles. The van der Waals surface area contributed by atoms with E-state index >= 15 is 0 Å². The van der Waals surface area contributed by atoms with E-state index in [9.17, 15) is 9.59 Å². The normalized spacial score (nSPS) is 11.6. The largest absolute Gasteiger partial charge is 0.336 e. The minimum Gasteiger partial charge on any atom is -0.336 e. The molecule has 132 valence electrons. The van der Waals surface area contributed by atoms with Crippen LogP contribution in [0.1, 0.15) is 32.4 Å². The fourth-order valence-corrected chi connectivity index (χ4v) is 3.27. The molecule has 3 aromatic rings. The van der Waals surface area contributed by atoms with Crippen LogP contribution >= 0.6 is 11.3 Å². The topological polar surface area (TPSA) is 58.2 Å². The summed E-state index contributed by atoms with van der Waals surface area (Å²) in [5.41, 5.74) is 3.60. The molecule has 0 saturated heterocycles. The van der Waals surface area contributed by atoms with Gasteiger partial charge in [-0.1, -0.05) is 48.5 Å². The van der Waals surface area contributed by atoms with Gasteiger partial charge in [-0.3, -0.25) is 9.59 Å². The second-order valence-corrected chi connectivity index (χ2v) is 6.98. The molecule has 0 bridgehead atoms. The van der Waals surface area contributed by atoms with Crippen LogP contribution in [0.2, 0.25) is 0 Å². The summed E-state index contributed by atoms with van der Waals surface area (Å²) in [6, 6.07) is 17.8. The van der Waals surface area contributed by atoms with E-state index in [1.54, 1.807) is 6.07 Å². The highest BCUT2D eigenvalue weighted by molar-refractivity contribution is 7.12. The Labute approximate surface area is 156 Å². The van der Waals surface area contributed by atoms with Crippen molar-refractivity contribution in [1.82, 2.24) is 5.32 Å². The highest BCUT2D eigenvalue weighted by Gasteiger charge is 2.24. The summed E-state index contributed by atoms with van der Waals surface area (Å²) in [5, 5.41) is 7.64. The molecule has 1 aromatic heterocycles. The van der Waals surface area contributed by atoms with E-state index in [1.807, 2.05) is 73.8 Å². The number of aryl methyl sites for hydroxylation is 1. The van der Waals surface area contributed by atoms with Gasteiger partial charge in [-0.15, -0.1) is 11.3 Å². The number of hydrogen-bond acceptors (Lipinski definition) is 3. The SMILES string of the molecule is Cc1cccc(NC(=O)C(NC(=O)c2cccs2)c2ccccc2)c1C. The lowest BCUT2D eigenvalue weighted by atomic mass is 10.0. The van der Waals surface area contributed by atoms with Gasteiger partial charge in [-0.25, -0.2) is 0 Å². The minimum atomic E-state index is -0.772. The molecule has 2 amide bonds. The Kier molecular flexibility index (Phi) is 5.49. The first-order chi connectivity index (χ1) is 12.6. The minimum absolute atomic E-state index is 0.259. The van der Waals surface area contributed by atoms with Gasteiger partial charge in [0.05, 0.1) is 4.88 Å². The van der Waals surface area contributed by atoms with Crippen LogP contribution < -0.4 is 10.6 Å². The van der Waals surface area contributed by atoms with Crippen LogP contribution in [0, 0.1) is 13.8 Å². The first kappa shape index (κ1) is 17.9. The molecule has 5 heteroatoms. The van der Waals surface area contributed by atoms with Crippen LogP contribution in [0.3, 0.4) is 0 Å². The summed E-state index contributed by atoms with van der Waals surface area (Å²) in [6.07, 6.45) is 0. The van der Waals surface area contributed by atoms with Gasteiger partial charge in [0.15, 0.2) is 0 Å².